The third kappa shape index (κ3) is 3.40. The molecule has 0 aliphatic rings. The number of hydrogen-bond acceptors (Lipinski definition) is 2. The second kappa shape index (κ2) is 5.95. The van der Waals surface area contributed by atoms with E-state index in [1.807, 2.05) is 13.0 Å². The Hall–Kier alpha value is -1.71. The Kier molecular flexibility index (Phi) is 4.30. The van der Waals surface area contributed by atoms with Gasteiger partial charge >= 0.3 is 0 Å². The molecule has 2 aromatic carbocycles. The largest absolute Gasteiger partial charge is 0.271 e. The Morgan fingerprint density at radius 2 is 1.79 bits per heavy atom. The number of nitrogens with two attached hydrogens (primary N) is 1. The number of nitrogens with one attached hydrogen (secondary N) is 1. The normalized spacial score (nSPS) is 12.4. The second-order valence-electron chi connectivity index (χ2n) is 4.90. The minimum Gasteiger partial charge on any atom is -0.271 e. The molecule has 0 radical (unpaired) electrons. The minimum atomic E-state index is -0.200. The third-order valence-corrected chi connectivity index (χ3v) is 3.41. The van der Waals surface area contributed by atoms with Crippen LogP contribution in [0.3, 0.4) is 0 Å². The van der Waals surface area contributed by atoms with Crippen LogP contribution >= 0.6 is 0 Å². The topological polar surface area (TPSA) is 38.0 Å². The lowest BCUT2D eigenvalue weighted by atomic mass is 9.96. The summed E-state index contributed by atoms with van der Waals surface area (Å²) >= 11 is 0. The second-order valence-corrected chi connectivity index (χ2v) is 4.90. The molecular weight excluding hydrogens is 239 g/mol. The van der Waals surface area contributed by atoms with Crippen molar-refractivity contribution in [2.45, 2.75) is 26.3 Å². The van der Waals surface area contributed by atoms with Crippen molar-refractivity contribution in [3.63, 3.8) is 0 Å². The highest BCUT2D eigenvalue weighted by atomic mass is 19.1. The Balaban J connectivity index is 2.21. The van der Waals surface area contributed by atoms with Gasteiger partial charge in [0.25, 0.3) is 0 Å². The number of halogens is 1. The van der Waals surface area contributed by atoms with Gasteiger partial charge in [-0.15, -0.1) is 0 Å². The molecule has 2 rings (SSSR count). The van der Waals surface area contributed by atoms with Crippen molar-refractivity contribution in [3.05, 3.63) is 70.5 Å². The van der Waals surface area contributed by atoms with Gasteiger partial charge in [-0.2, -0.15) is 0 Å². The van der Waals surface area contributed by atoms with Gasteiger partial charge in [-0.1, -0.05) is 35.9 Å². The highest BCUT2D eigenvalue weighted by molar-refractivity contribution is 5.30. The molecule has 0 heterocycles. The first kappa shape index (κ1) is 13.7. The van der Waals surface area contributed by atoms with E-state index in [2.05, 4.69) is 36.6 Å². The molecule has 0 saturated carbocycles. The van der Waals surface area contributed by atoms with Gasteiger partial charge in [-0.05, 0) is 49.1 Å². The molecule has 0 aliphatic heterocycles. The Morgan fingerprint density at radius 1 is 1.11 bits per heavy atom. The van der Waals surface area contributed by atoms with Gasteiger partial charge in [0.05, 0.1) is 0 Å². The van der Waals surface area contributed by atoms with Gasteiger partial charge in [0, 0.05) is 6.04 Å². The summed E-state index contributed by atoms with van der Waals surface area (Å²) in [5.74, 6) is 5.45. The van der Waals surface area contributed by atoms with Crippen molar-refractivity contribution in [1.82, 2.24) is 5.43 Å². The molecular formula is C16H19FN2. The SMILES string of the molecule is Cc1ccc(C(Cc2ccc(F)cc2C)NN)cc1. The van der Waals surface area contributed by atoms with Crippen LogP contribution in [0, 0.1) is 19.7 Å². The van der Waals surface area contributed by atoms with Crippen LogP contribution in [0.2, 0.25) is 0 Å². The zero-order chi connectivity index (χ0) is 13.8. The third-order valence-electron chi connectivity index (χ3n) is 3.41. The van der Waals surface area contributed by atoms with Gasteiger partial charge in [0.15, 0.2) is 0 Å². The van der Waals surface area contributed by atoms with Crippen molar-refractivity contribution in [3.8, 4) is 0 Å². The quantitative estimate of drug-likeness (QED) is 0.653. The fourth-order valence-corrected chi connectivity index (χ4v) is 2.18. The predicted octanol–water partition coefficient (Wildman–Crippen LogP) is 3.19. The molecule has 0 fully saturated rings. The van der Waals surface area contributed by atoms with Gasteiger partial charge in [-0.25, -0.2) is 4.39 Å². The molecule has 0 aromatic heterocycles. The van der Waals surface area contributed by atoms with Gasteiger partial charge in [0.2, 0.25) is 0 Å². The van der Waals surface area contributed by atoms with E-state index in [0.29, 0.717) is 0 Å². The van der Waals surface area contributed by atoms with Crippen LogP contribution in [0.25, 0.3) is 0 Å². The monoisotopic (exact) mass is 258 g/mol. The molecule has 0 bridgehead atoms. The first-order valence-corrected chi connectivity index (χ1v) is 6.38. The summed E-state index contributed by atoms with van der Waals surface area (Å²) in [6, 6.07) is 13.2. The van der Waals surface area contributed by atoms with Crippen LogP contribution in [0.5, 0.6) is 0 Å². The zero-order valence-corrected chi connectivity index (χ0v) is 11.3. The van der Waals surface area contributed by atoms with Crippen LogP contribution in [0.1, 0.15) is 28.3 Å². The molecule has 3 N–H and O–H groups in total. The molecule has 0 saturated heterocycles. The maximum atomic E-state index is 13.1. The summed E-state index contributed by atoms with van der Waals surface area (Å²) < 4.78 is 13.1. The van der Waals surface area contributed by atoms with Crippen molar-refractivity contribution < 1.29 is 4.39 Å². The predicted molar refractivity (Wildman–Crippen MR) is 76.1 cm³/mol. The molecule has 0 aliphatic carbocycles. The first-order valence-electron chi connectivity index (χ1n) is 6.38. The fraction of sp³-hybridized carbons (Fsp3) is 0.250. The maximum absolute atomic E-state index is 13.1. The lowest BCUT2D eigenvalue weighted by Crippen LogP contribution is -2.29. The summed E-state index contributed by atoms with van der Waals surface area (Å²) in [4.78, 5) is 0. The van der Waals surface area contributed by atoms with E-state index in [0.717, 1.165) is 23.1 Å². The van der Waals surface area contributed by atoms with Crippen molar-refractivity contribution in [2.24, 2.45) is 5.84 Å². The molecule has 3 heteroatoms. The molecule has 19 heavy (non-hydrogen) atoms. The summed E-state index contributed by atoms with van der Waals surface area (Å²) in [6.07, 6.45) is 0.742. The average molecular weight is 258 g/mol. The number of rotatable bonds is 4. The smallest absolute Gasteiger partial charge is 0.123 e. The van der Waals surface area contributed by atoms with Crippen molar-refractivity contribution >= 4 is 0 Å². The van der Waals surface area contributed by atoms with E-state index in [1.54, 1.807) is 6.07 Å². The summed E-state index contributed by atoms with van der Waals surface area (Å²) in [5, 5.41) is 0. The van der Waals surface area contributed by atoms with E-state index in [9.17, 15) is 4.39 Å². The van der Waals surface area contributed by atoms with Gasteiger partial charge < -0.3 is 0 Å². The van der Waals surface area contributed by atoms with Crippen LogP contribution in [-0.2, 0) is 6.42 Å². The Labute approximate surface area is 113 Å². The molecule has 1 atom stereocenters. The highest BCUT2D eigenvalue weighted by Gasteiger charge is 2.12. The molecule has 100 valence electrons. The lowest BCUT2D eigenvalue weighted by molar-refractivity contribution is 0.549. The number of benzene rings is 2. The lowest BCUT2D eigenvalue weighted by Gasteiger charge is -2.18. The first-order chi connectivity index (χ1) is 9.10. The number of hydrogen-bond donors (Lipinski definition) is 2. The Morgan fingerprint density at radius 3 is 2.37 bits per heavy atom. The van der Waals surface area contributed by atoms with Crippen molar-refractivity contribution in [2.75, 3.05) is 0 Å². The molecule has 1 unspecified atom stereocenters. The van der Waals surface area contributed by atoms with E-state index in [1.165, 1.54) is 11.6 Å². The van der Waals surface area contributed by atoms with Crippen LogP contribution in [0.15, 0.2) is 42.5 Å². The van der Waals surface area contributed by atoms with E-state index >= 15 is 0 Å². The minimum absolute atomic E-state index is 0.0322. The number of aryl methyl sites for hydroxylation is 2. The van der Waals surface area contributed by atoms with Crippen LogP contribution in [-0.4, -0.2) is 0 Å². The zero-order valence-electron chi connectivity index (χ0n) is 11.3. The molecule has 2 aromatic rings. The molecule has 2 nitrogen and oxygen atoms in total. The van der Waals surface area contributed by atoms with Gasteiger partial charge in [0.1, 0.15) is 5.82 Å². The van der Waals surface area contributed by atoms with Crippen LogP contribution < -0.4 is 11.3 Å². The molecule has 0 spiro atoms. The fourth-order valence-electron chi connectivity index (χ4n) is 2.18. The summed E-state index contributed by atoms with van der Waals surface area (Å²) in [5.41, 5.74) is 7.24. The summed E-state index contributed by atoms with van der Waals surface area (Å²) in [7, 11) is 0. The van der Waals surface area contributed by atoms with Gasteiger partial charge in [-0.3, -0.25) is 11.3 Å². The standard InChI is InChI=1S/C16H19FN2/c1-11-3-5-13(6-4-11)16(19-18)10-14-7-8-15(17)9-12(14)2/h3-9,16,19H,10,18H2,1-2H3. The Bertz CT molecular complexity index is 549. The molecule has 0 amide bonds. The average Bonchev–Trinajstić information content (AvgIpc) is 2.39. The van der Waals surface area contributed by atoms with Crippen molar-refractivity contribution in [1.29, 1.82) is 0 Å². The highest BCUT2D eigenvalue weighted by Crippen LogP contribution is 2.21. The van der Waals surface area contributed by atoms with E-state index in [4.69, 9.17) is 5.84 Å². The maximum Gasteiger partial charge on any atom is 0.123 e. The number of hydrazine groups is 1. The van der Waals surface area contributed by atoms with E-state index in [-0.39, 0.29) is 11.9 Å². The van der Waals surface area contributed by atoms with E-state index < -0.39 is 0 Å². The summed E-state index contributed by atoms with van der Waals surface area (Å²) in [6.45, 7) is 3.97. The van der Waals surface area contributed by atoms with Crippen LogP contribution in [0.4, 0.5) is 4.39 Å².